The lowest BCUT2D eigenvalue weighted by atomic mass is 9.78. The van der Waals surface area contributed by atoms with Crippen molar-refractivity contribution in [3.8, 4) is 0 Å². The zero-order chi connectivity index (χ0) is 12.3. The van der Waals surface area contributed by atoms with Gasteiger partial charge in [-0.3, -0.25) is 4.99 Å². The second-order valence-corrected chi connectivity index (χ2v) is 5.82. The summed E-state index contributed by atoms with van der Waals surface area (Å²) in [4.78, 5) is 6.58. The van der Waals surface area contributed by atoms with Gasteiger partial charge in [-0.25, -0.2) is 0 Å². The highest BCUT2D eigenvalue weighted by Gasteiger charge is 2.55. The minimum Gasteiger partial charge on any atom is -0.366 e. The lowest BCUT2D eigenvalue weighted by Crippen LogP contribution is -2.51. The summed E-state index contributed by atoms with van der Waals surface area (Å²) in [7, 11) is 0. The van der Waals surface area contributed by atoms with Crippen LogP contribution in [0.25, 0.3) is 0 Å². The zero-order valence-corrected chi connectivity index (χ0v) is 10.6. The molecule has 0 amide bonds. The number of rotatable bonds is 0. The van der Waals surface area contributed by atoms with Crippen molar-refractivity contribution in [2.24, 2.45) is 10.4 Å². The van der Waals surface area contributed by atoms with Crippen LogP contribution in [0.15, 0.2) is 29.3 Å². The fraction of sp³-hybridized carbons (Fsp3) is 0.500. The standard InChI is InChI=1S/C14H18N2O/c1-13(2,3)14(17)11-7-5-4-6-10(11)12-15-8-9-16(12)14/h4-7,17H,8-9H2,1-3H3/t14-/m0/s1. The summed E-state index contributed by atoms with van der Waals surface area (Å²) < 4.78 is 0. The van der Waals surface area contributed by atoms with E-state index in [0.717, 1.165) is 30.1 Å². The monoisotopic (exact) mass is 230 g/mol. The van der Waals surface area contributed by atoms with Crippen LogP contribution in [0.5, 0.6) is 0 Å². The van der Waals surface area contributed by atoms with Gasteiger partial charge in [-0.1, -0.05) is 45.0 Å². The molecule has 0 saturated carbocycles. The first-order valence-electron chi connectivity index (χ1n) is 6.10. The molecular formula is C14H18N2O. The zero-order valence-electron chi connectivity index (χ0n) is 10.6. The Kier molecular flexibility index (Phi) is 1.97. The number of hydrogen-bond donors (Lipinski definition) is 1. The Morgan fingerprint density at radius 1 is 1.29 bits per heavy atom. The minimum absolute atomic E-state index is 0.245. The van der Waals surface area contributed by atoms with Gasteiger partial charge in [-0.05, 0) is 0 Å². The molecule has 3 rings (SSSR count). The quantitative estimate of drug-likeness (QED) is 0.739. The van der Waals surface area contributed by atoms with Crippen LogP contribution in [0.1, 0.15) is 31.9 Å². The Labute approximate surface area is 102 Å². The van der Waals surface area contributed by atoms with Crippen molar-refractivity contribution in [3.63, 3.8) is 0 Å². The highest BCUT2D eigenvalue weighted by Crippen LogP contribution is 2.49. The third kappa shape index (κ3) is 1.18. The van der Waals surface area contributed by atoms with Crippen LogP contribution in [0.2, 0.25) is 0 Å². The van der Waals surface area contributed by atoms with Gasteiger partial charge in [0.05, 0.1) is 6.54 Å². The number of nitrogens with zero attached hydrogens (tertiary/aromatic N) is 2. The third-order valence-electron chi connectivity index (χ3n) is 3.82. The lowest BCUT2D eigenvalue weighted by Gasteiger charge is -2.43. The van der Waals surface area contributed by atoms with Crippen LogP contribution in [0, 0.1) is 5.41 Å². The van der Waals surface area contributed by atoms with E-state index < -0.39 is 5.72 Å². The number of benzene rings is 1. The number of aliphatic hydroxyl groups is 1. The van der Waals surface area contributed by atoms with Crippen molar-refractivity contribution in [2.75, 3.05) is 13.1 Å². The summed E-state index contributed by atoms with van der Waals surface area (Å²) in [5, 5.41) is 11.2. The molecule has 0 unspecified atom stereocenters. The molecule has 0 spiro atoms. The molecule has 1 N–H and O–H groups in total. The molecule has 3 nitrogen and oxygen atoms in total. The van der Waals surface area contributed by atoms with Crippen LogP contribution in [0.4, 0.5) is 0 Å². The van der Waals surface area contributed by atoms with Crippen LogP contribution in [-0.4, -0.2) is 28.9 Å². The lowest BCUT2D eigenvalue weighted by molar-refractivity contribution is -0.147. The van der Waals surface area contributed by atoms with Crippen molar-refractivity contribution in [1.82, 2.24) is 4.90 Å². The van der Waals surface area contributed by atoms with E-state index in [9.17, 15) is 5.11 Å². The maximum Gasteiger partial charge on any atom is 0.171 e. The van der Waals surface area contributed by atoms with Crippen molar-refractivity contribution in [1.29, 1.82) is 0 Å². The van der Waals surface area contributed by atoms with Gasteiger partial charge in [0, 0.05) is 23.1 Å². The Hall–Kier alpha value is -1.35. The number of fused-ring (bicyclic) bond motifs is 3. The number of amidine groups is 1. The predicted octanol–water partition coefficient (Wildman–Crippen LogP) is 1.95. The SMILES string of the molecule is CC(C)(C)[C@@]1(O)c2ccccc2C2=NCCN21. The average Bonchev–Trinajstić information content (AvgIpc) is 2.82. The maximum atomic E-state index is 11.2. The first-order valence-corrected chi connectivity index (χ1v) is 6.10. The molecule has 1 aromatic carbocycles. The second-order valence-electron chi connectivity index (χ2n) is 5.82. The van der Waals surface area contributed by atoms with Gasteiger partial charge in [0.15, 0.2) is 5.72 Å². The second kappa shape index (κ2) is 3.10. The van der Waals surface area contributed by atoms with E-state index in [1.54, 1.807) is 0 Å². The highest BCUT2D eigenvalue weighted by atomic mass is 16.3. The van der Waals surface area contributed by atoms with Gasteiger partial charge in [-0.15, -0.1) is 0 Å². The topological polar surface area (TPSA) is 35.8 Å². The first-order chi connectivity index (χ1) is 7.96. The summed E-state index contributed by atoms with van der Waals surface area (Å²) >= 11 is 0. The van der Waals surface area contributed by atoms with Crippen molar-refractivity contribution >= 4 is 5.84 Å². The maximum absolute atomic E-state index is 11.2. The molecule has 3 heteroatoms. The largest absolute Gasteiger partial charge is 0.366 e. The van der Waals surface area contributed by atoms with Gasteiger partial charge in [0.2, 0.25) is 0 Å². The molecular weight excluding hydrogens is 212 g/mol. The van der Waals surface area contributed by atoms with E-state index in [-0.39, 0.29) is 5.41 Å². The molecule has 0 aromatic heterocycles. The first kappa shape index (κ1) is 10.8. The fourth-order valence-electron chi connectivity index (χ4n) is 2.93. The molecule has 90 valence electrons. The molecule has 2 heterocycles. The predicted molar refractivity (Wildman–Crippen MR) is 67.9 cm³/mol. The average molecular weight is 230 g/mol. The smallest absolute Gasteiger partial charge is 0.171 e. The molecule has 1 atom stereocenters. The van der Waals surface area contributed by atoms with Crippen LogP contribution >= 0.6 is 0 Å². The van der Waals surface area contributed by atoms with Crippen molar-refractivity contribution in [2.45, 2.75) is 26.5 Å². The van der Waals surface area contributed by atoms with Gasteiger partial charge in [0.25, 0.3) is 0 Å². The molecule has 0 bridgehead atoms. The molecule has 1 aromatic rings. The van der Waals surface area contributed by atoms with Crippen molar-refractivity contribution < 1.29 is 5.11 Å². The van der Waals surface area contributed by atoms with Gasteiger partial charge in [-0.2, -0.15) is 0 Å². The molecule has 17 heavy (non-hydrogen) atoms. The molecule has 0 radical (unpaired) electrons. The van der Waals surface area contributed by atoms with Crippen LogP contribution < -0.4 is 0 Å². The van der Waals surface area contributed by atoms with E-state index >= 15 is 0 Å². The van der Waals surface area contributed by atoms with Gasteiger partial charge < -0.3 is 10.0 Å². The summed E-state index contributed by atoms with van der Waals surface area (Å²) in [5.41, 5.74) is 0.900. The molecule has 2 aliphatic rings. The number of hydrogen-bond acceptors (Lipinski definition) is 3. The summed E-state index contributed by atoms with van der Waals surface area (Å²) in [6.45, 7) is 7.81. The Bertz CT molecular complexity index is 501. The molecule has 0 saturated heterocycles. The molecule has 2 aliphatic heterocycles. The van der Waals surface area contributed by atoms with E-state index in [2.05, 4.69) is 36.7 Å². The Morgan fingerprint density at radius 2 is 2.00 bits per heavy atom. The fourth-order valence-corrected chi connectivity index (χ4v) is 2.93. The number of aliphatic imine (C=N–C) groups is 1. The highest BCUT2D eigenvalue weighted by molar-refractivity contribution is 6.04. The summed E-state index contributed by atoms with van der Waals surface area (Å²) in [5.74, 6) is 0.957. The van der Waals surface area contributed by atoms with Crippen LogP contribution in [-0.2, 0) is 5.72 Å². The Morgan fingerprint density at radius 3 is 2.71 bits per heavy atom. The minimum atomic E-state index is -0.932. The summed E-state index contributed by atoms with van der Waals surface area (Å²) in [6.07, 6.45) is 0. The molecule has 0 fully saturated rings. The van der Waals surface area contributed by atoms with Gasteiger partial charge in [0.1, 0.15) is 5.84 Å². The van der Waals surface area contributed by atoms with Crippen LogP contribution in [0.3, 0.4) is 0 Å². The van der Waals surface area contributed by atoms with Crippen molar-refractivity contribution in [3.05, 3.63) is 35.4 Å². The Balaban J connectivity index is 2.28. The van der Waals surface area contributed by atoms with Gasteiger partial charge >= 0.3 is 0 Å². The van der Waals surface area contributed by atoms with E-state index in [4.69, 9.17) is 0 Å². The third-order valence-corrected chi connectivity index (χ3v) is 3.82. The van der Waals surface area contributed by atoms with E-state index in [1.807, 2.05) is 18.2 Å². The van der Waals surface area contributed by atoms with E-state index in [1.165, 1.54) is 0 Å². The normalized spacial score (nSPS) is 26.8. The molecule has 0 aliphatic carbocycles. The summed E-state index contributed by atoms with van der Waals surface area (Å²) in [6, 6.07) is 8.06. The van der Waals surface area contributed by atoms with E-state index in [0.29, 0.717) is 0 Å².